The first-order valence-electron chi connectivity index (χ1n) is 17.8. The average molecular weight is 666 g/mol. The molecular weight excluding hydrogens is 602 g/mol. The van der Waals surface area contributed by atoms with Crippen molar-refractivity contribution < 1.29 is 14.3 Å². The van der Waals surface area contributed by atoms with Crippen molar-refractivity contribution in [2.45, 2.75) is 85.6 Å². The predicted molar refractivity (Wildman–Crippen MR) is 199 cm³/mol. The Morgan fingerprint density at radius 1 is 1.06 bits per heavy atom. The van der Waals surface area contributed by atoms with E-state index in [1.165, 1.54) is 0 Å². The standard InChI is InChI=1S/C38H63N7O3/c1-9-11-12-17-41-36(43-33(39)13-10-2)35-29(3)16-20-45(35)24-30-14-15-31(23-32(30)47-8)38(6,7)28-48-27-37(4,5)26-42-34(46)25-44-21-18-40-19-22-44/h14-16,20,23,40-41H,3,9-13,17-19,21-22,24-28H2,1-2,4-8H3,(H2,39,43)(H,42,46)/b36-35+. The first kappa shape index (κ1) is 39.1. The first-order chi connectivity index (χ1) is 22.9. The number of carbonyl (C=O) groups excluding carboxylic acids is 1. The molecule has 1 aliphatic heterocycles. The molecule has 0 aliphatic carbocycles. The van der Waals surface area contributed by atoms with Gasteiger partial charge in [0.2, 0.25) is 5.91 Å². The summed E-state index contributed by atoms with van der Waals surface area (Å²) in [6.07, 6.45) is 7.12. The summed E-state index contributed by atoms with van der Waals surface area (Å²) in [5.74, 6) is 2.28. The summed E-state index contributed by atoms with van der Waals surface area (Å²) in [6.45, 7) is 24.5. The number of hydrogen-bond acceptors (Lipinski definition) is 7. The van der Waals surface area contributed by atoms with E-state index in [0.29, 0.717) is 38.7 Å². The summed E-state index contributed by atoms with van der Waals surface area (Å²) in [5, 5.41) is 11.8. The number of hydrogen-bond donors (Lipinski definition) is 4. The third-order valence-electron chi connectivity index (χ3n) is 8.81. The Morgan fingerprint density at radius 2 is 1.81 bits per heavy atom. The highest BCUT2D eigenvalue weighted by atomic mass is 16.5. The van der Waals surface area contributed by atoms with E-state index in [1.54, 1.807) is 7.11 Å². The Balaban J connectivity index is 1.69. The van der Waals surface area contributed by atoms with Crippen molar-refractivity contribution in [1.82, 2.24) is 25.4 Å². The van der Waals surface area contributed by atoms with Crippen molar-refractivity contribution in [2.75, 3.05) is 66.1 Å². The Bertz CT molecular complexity index is 1440. The minimum absolute atomic E-state index is 0.0710. The van der Waals surface area contributed by atoms with Crippen LogP contribution in [0.4, 0.5) is 0 Å². The van der Waals surface area contributed by atoms with Gasteiger partial charge in [0.25, 0.3) is 0 Å². The average Bonchev–Trinajstić information content (AvgIpc) is 3.41. The van der Waals surface area contributed by atoms with Crippen LogP contribution in [0, 0.1) is 5.41 Å². The lowest BCUT2D eigenvalue weighted by molar-refractivity contribution is -0.123. The lowest BCUT2D eigenvalue weighted by atomic mass is 9.84. The van der Waals surface area contributed by atoms with Crippen molar-refractivity contribution in [3.63, 3.8) is 0 Å². The molecule has 2 aromatic rings. The lowest BCUT2D eigenvalue weighted by Gasteiger charge is -2.31. The molecule has 48 heavy (non-hydrogen) atoms. The molecule has 1 saturated heterocycles. The SMILES string of the molecule is C=c1ccn(Cc2ccc(C(C)(C)COCC(C)(C)CNC(=O)CN3CCNCC3)cc2OC)/c1=C(/N=C(/N)CCC)NCCCCC. The Kier molecular flexibility index (Phi) is 15.5. The third kappa shape index (κ3) is 12.3. The second-order valence-corrected chi connectivity index (χ2v) is 14.5. The van der Waals surface area contributed by atoms with Gasteiger partial charge in [-0.05, 0) is 35.8 Å². The molecule has 1 fully saturated rings. The number of benzene rings is 1. The molecule has 1 amide bonds. The Hall–Kier alpha value is -3.34. The van der Waals surface area contributed by atoms with Gasteiger partial charge >= 0.3 is 0 Å². The smallest absolute Gasteiger partial charge is 0.234 e. The number of methoxy groups -OCH3 is 1. The maximum absolute atomic E-state index is 12.5. The van der Waals surface area contributed by atoms with E-state index in [-0.39, 0.29) is 16.7 Å². The molecule has 0 atom stereocenters. The van der Waals surface area contributed by atoms with Gasteiger partial charge in [-0.1, -0.05) is 73.1 Å². The molecule has 0 saturated carbocycles. The molecule has 5 N–H and O–H groups in total. The maximum atomic E-state index is 12.5. The quantitative estimate of drug-likeness (QED) is 0.0975. The lowest BCUT2D eigenvalue weighted by Crippen LogP contribution is -2.48. The molecule has 10 heteroatoms. The minimum atomic E-state index is -0.249. The number of nitrogens with zero attached hydrogens (tertiary/aromatic N) is 3. The third-order valence-corrected chi connectivity index (χ3v) is 8.81. The molecule has 10 nitrogen and oxygen atoms in total. The van der Waals surface area contributed by atoms with Crippen molar-refractivity contribution in [3.8, 4) is 5.75 Å². The molecule has 3 rings (SSSR count). The van der Waals surface area contributed by atoms with Crippen LogP contribution in [0.25, 0.3) is 12.4 Å². The number of piperazine rings is 1. The second kappa shape index (κ2) is 19.0. The van der Waals surface area contributed by atoms with E-state index in [1.807, 2.05) is 6.07 Å². The highest BCUT2D eigenvalue weighted by molar-refractivity contribution is 5.83. The summed E-state index contributed by atoms with van der Waals surface area (Å²) in [6, 6.07) is 8.46. The van der Waals surface area contributed by atoms with Crippen LogP contribution in [0.3, 0.4) is 0 Å². The number of nitrogens with two attached hydrogens (primary N) is 1. The van der Waals surface area contributed by atoms with Gasteiger partial charge in [0, 0.05) is 68.3 Å². The number of amidine groups is 1. The molecule has 0 radical (unpaired) electrons. The van der Waals surface area contributed by atoms with E-state index in [9.17, 15) is 4.79 Å². The molecule has 2 heterocycles. The molecule has 1 aliphatic rings. The molecular formula is C38H63N7O3. The first-order valence-corrected chi connectivity index (χ1v) is 17.8. The van der Waals surface area contributed by atoms with E-state index >= 15 is 0 Å². The van der Waals surface area contributed by atoms with Crippen LogP contribution < -0.4 is 37.0 Å². The number of carbonyl (C=O) groups is 1. The number of amides is 1. The Labute approximate surface area is 289 Å². The largest absolute Gasteiger partial charge is 0.496 e. The van der Waals surface area contributed by atoms with Gasteiger partial charge in [0.05, 0.1) is 38.8 Å². The van der Waals surface area contributed by atoms with E-state index in [0.717, 1.165) is 98.1 Å². The van der Waals surface area contributed by atoms with Crippen LogP contribution in [-0.2, 0) is 21.5 Å². The maximum Gasteiger partial charge on any atom is 0.234 e. The van der Waals surface area contributed by atoms with E-state index < -0.39 is 0 Å². The number of unbranched alkanes of at least 4 members (excludes halogenated alkanes) is 2. The number of ether oxygens (including phenoxy) is 2. The van der Waals surface area contributed by atoms with Crippen LogP contribution in [-0.4, -0.2) is 87.3 Å². The van der Waals surface area contributed by atoms with Crippen LogP contribution >= 0.6 is 0 Å². The van der Waals surface area contributed by atoms with Crippen molar-refractivity contribution >= 4 is 24.1 Å². The van der Waals surface area contributed by atoms with Gasteiger partial charge in [-0.2, -0.15) is 0 Å². The van der Waals surface area contributed by atoms with E-state index in [4.69, 9.17) is 20.2 Å². The summed E-state index contributed by atoms with van der Waals surface area (Å²) < 4.78 is 14.4. The predicted octanol–water partition coefficient (Wildman–Crippen LogP) is 3.30. The van der Waals surface area contributed by atoms with Gasteiger partial charge in [0.15, 0.2) is 5.82 Å². The fraction of sp³-hybridized carbons (Fsp3) is 0.632. The fourth-order valence-corrected chi connectivity index (χ4v) is 5.81. The molecule has 1 aromatic carbocycles. The van der Waals surface area contributed by atoms with Gasteiger partial charge in [-0.25, -0.2) is 4.99 Å². The van der Waals surface area contributed by atoms with Crippen molar-refractivity contribution in [2.24, 2.45) is 16.1 Å². The fourth-order valence-electron chi connectivity index (χ4n) is 5.81. The summed E-state index contributed by atoms with van der Waals surface area (Å²) in [5.41, 5.74) is 8.06. The summed E-state index contributed by atoms with van der Waals surface area (Å²) in [4.78, 5) is 19.5. The van der Waals surface area contributed by atoms with Gasteiger partial charge < -0.3 is 35.7 Å². The molecule has 0 bridgehead atoms. The van der Waals surface area contributed by atoms with Crippen molar-refractivity contribution in [1.29, 1.82) is 0 Å². The van der Waals surface area contributed by atoms with Gasteiger partial charge in [-0.15, -0.1) is 0 Å². The monoisotopic (exact) mass is 665 g/mol. The zero-order valence-corrected chi connectivity index (χ0v) is 30.8. The van der Waals surface area contributed by atoms with E-state index in [2.05, 4.69) is 97.9 Å². The van der Waals surface area contributed by atoms with Crippen LogP contribution in [0.5, 0.6) is 5.75 Å². The van der Waals surface area contributed by atoms with Crippen LogP contribution in [0.2, 0.25) is 0 Å². The minimum Gasteiger partial charge on any atom is -0.496 e. The van der Waals surface area contributed by atoms with Crippen LogP contribution in [0.15, 0.2) is 35.5 Å². The highest BCUT2D eigenvalue weighted by Crippen LogP contribution is 2.30. The summed E-state index contributed by atoms with van der Waals surface area (Å²) >= 11 is 0. The van der Waals surface area contributed by atoms with Crippen LogP contribution in [0.1, 0.15) is 84.8 Å². The Morgan fingerprint density at radius 3 is 2.50 bits per heavy atom. The van der Waals surface area contributed by atoms with Gasteiger partial charge in [-0.3, -0.25) is 9.69 Å². The molecule has 0 unspecified atom stereocenters. The number of nitrogens with one attached hydrogen (secondary N) is 3. The number of aliphatic imine (C=N–C) groups is 1. The molecule has 1 aromatic heterocycles. The number of aromatic nitrogens is 1. The van der Waals surface area contributed by atoms with Crippen molar-refractivity contribution in [3.05, 3.63) is 52.2 Å². The zero-order valence-electron chi connectivity index (χ0n) is 30.8. The van der Waals surface area contributed by atoms with Gasteiger partial charge in [0.1, 0.15) is 11.6 Å². The summed E-state index contributed by atoms with van der Waals surface area (Å²) in [7, 11) is 1.72. The topological polar surface area (TPSA) is 118 Å². The molecule has 268 valence electrons. The highest BCUT2D eigenvalue weighted by Gasteiger charge is 2.26. The molecule has 0 spiro atoms. The normalized spacial score (nSPS) is 15.4. The zero-order chi connectivity index (χ0) is 35.2. The number of rotatable bonds is 20. The second-order valence-electron chi connectivity index (χ2n) is 14.5.